The molecule has 0 saturated carbocycles. The van der Waals surface area contributed by atoms with Crippen LogP contribution in [0.4, 0.5) is 5.82 Å². The van der Waals surface area contributed by atoms with E-state index >= 15 is 0 Å². The molecule has 0 atom stereocenters. The second-order valence-corrected chi connectivity index (χ2v) is 9.76. The van der Waals surface area contributed by atoms with E-state index in [4.69, 9.17) is 9.47 Å². The highest BCUT2D eigenvalue weighted by atomic mass is 32.2. The highest BCUT2D eigenvalue weighted by Crippen LogP contribution is 2.34. The molecule has 1 fully saturated rings. The Kier molecular flexibility index (Phi) is 6.96. The van der Waals surface area contributed by atoms with Gasteiger partial charge in [-0.05, 0) is 31.7 Å². The zero-order valence-corrected chi connectivity index (χ0v) is 19.9. The highest BCUT2D eigenvalue weighted by Gasteiger charge is 2.20. The van der Waals surface area contributed by atoms with Crippen LogP contribution in [0.25, 0.3) is 10.9 Å². The second-order valence-electron chi connectivity index (χ2n) is 8.11. The molecule has 0 amide bonds. The van der Waals surface area contributed by atoms with Gasteiger partial charge in [-0.1, -0.05) is 18.2 Å². The van der Waals surface area contributed by atoms with Gasteiger partial charge in [0.15, 0.2) is 17.3 Å². The average molecular weight is 472 g/mol. The van der Waals surface area contributed by atoms with Crippen molar-refractivity contribution in [2.45, 2.75) is 11.8 Å². The Bertz CT molecular complexity index is 1230. The van der Waals surface area contributed by atoms with Crippen LogP contribution in [0.5, 0.6) is 11.5 Å². The molecule has 33 heavy (non-hydrogen) atoms. The van der Waals surface area contributed by atoms with E-state index in [-0.39, 0.29) is 10.7 Å². The SMILES string of the molecule is COc1cc2c(NS(=O)(=O)c3ccccc3C)ncnc2cc1OCCN1CCN(C)CC1. The van der Waals surface area contributed by atoms with E-state index in [2.05, 4.69) is 31.5 Å². The predicted octanol–water partition coefficient (Wildman–Crippen LogP) is 2.37. The van der Waals surface area contributed by atoms with Crippen molar-refractivity contribution in [1.29, 1.82) is 0 Å². The number of rotatable bonds is 8. The summed E-state index contributed by atoms with van der Waals surface area (Å²) in [5.74, 6) is 1.24. The van der Waals surface area contributed by atoms with Gasteiger partial charge < -0.3 is 14.4 Å². The lowest BCUT2D eigenvalue weighted by Crippen LogP contribution is -2.45. The Morgan fingerprint density at radius 1 is 1.06 bits per heavy atom. The van der Waals surface area contributed by atoms with Gasteiger partial charge in [0.25, 0.3) is 10.0 Å². The fourth-order valence-corrected chi connectivity index (χ4v) is 5.09. The van der Waals surface area contributed by atoms with Gasteiger partial charge in [-0.15, -0.1) is 0 Å². The lowest BCUT2D eigenvalue weighted by Gasteiger charge is -2.32. The number of nitrogens with zero attached hydrogens (tertiary/aromatic N) is 4. The fourth-order valence-electron chi connectivity index (χ4n) is 3.81. The van der Waals surface area contributed by atoms with E-state index in [9.17, 15) is 8.42 Å². The molecule has 0 spiro atoms. The zero-order valence-electron chi connectivity index (χ0n) is 19.1. The molecule has 4 rings (SSSR count). The molecule has 3 aromatic rings. The molecule has 1 aliphatic rings. The number of aromatic nitrogens is 2. The minimum Gasteiger partial charge on any atom is -0.493 e. The molecule has 1 aromatic heterocycles. The molecule has 2 heterocycles. The molecule has 1 aliphatic heterocycles. The summed E-state index contributed by atoms with van der Waals surface area (Å²) in [5, 5.41) is 0.526. The predicted molar refractivity (Wildman–Crippen MR) is 128 cm³/mol. The fraction of sp³-hybridized carbons (Fsp3) is 0.391. The molecule has 0 bridgehead atoms. The first-order valence-electron chi connectivity index (χ1n) is 10.8. The summed E-state index contributed by atoms with van der Waals surface area (Å²) < 4.78 is 40.1. The van der Waals surface area contributed by atoms with Gasteiger partial charge in [0.05, 0.1) is 17.5 Å². The number of anilines is 1. The first-order chi connectivity index (χ1) is 15.9. The molecule has 1 saturated heterocycles. The average Bonchev–Trinajstić information content (AvgIpc) is 2.80. The Labute approximate surface area is 194 Å². The number of methoxy groups -OCH3 is 1. The normalized spacial score (nSPS) is 15.5. The lowest BCUT2D eigenvalue weighted by atomic mass is 10.2. The van der Waals surface area contributed by atoms with Crippen molar-refractivity contribution in [3.05, 3.63) is 48.3 Å². The van der Waals surface area contributed by atoms with Gasteiger partial charge in [-0.2, -0.15) is 0 Å². The summed E-state index contributed by atoms with van der Waals surface area (Å²) in [7, 11) is -0.136. The van der Waals surface area contributed by atoms with E-state index in [0.717, 1.165) is 32.7 Å². The molecule has 1 N–H and O–H groups in total. The van der Waals surface area contributed by atoms with Crippen LogP contribution in [0.2, 0.25) is 0 Å². The van der Waals surface area contributed by atoms with Crippen molar-refractivity contribution in [3.63, 3.8) is 0 Å². The molecule has 2 aromatic carbocycles. The summed E-state index contributed by atoms with van der Waals surface area (Å²) in [6.45, 7) is 7.23. The Balaban J connectivity index is 1.55. The summed E-state index contributed by atoms with van der Waals surface area (Å²) >= 11 is 0. The van der Waals surface area contributed by atoms with E-state index < -0.39 is 10.0 Å². The number of hydrogen-bond donors (Lipinski definition) is 1. The second kappa shape index (κ2) is 9.90. The lowest BCUT2D eigenvalue weighted by molar-refractivity contribution is 0.133. The first-order valence-corrected chi connectivity index (χ1v) is 12.3. The number of hydrogen-bond acceptors (Lipinski definition) is 8. The van der Waals surface area contributed by atoms with Crippen molar-refractivity contribution < 1.29 is 17.9 Å². The van der Waals surface area contributed by atoms with Crippen molar-refractivity contribution in [1.82, 2.24) is 19.8 Å². The number of benzene rings is 2. The zero-order chi connectivity index (χ0) is 23.4. The number of fused-ring (bicyclic) bond motifs is 1. The minimum atomic E-state index is -3.82. The van der Waals surface area contributed by atoms with Crippen LogP contribution in [-0.2, 0) is 10.0 Å². The summed E-state index contributed by atoms with van der Waals surface area (Å²) in [5.41, 5.74) is 1.21. The maximum Gasteiger partial charge on any atom is 0.263 e. The Morgan fingerprint density at radius 2 is 1.82 bits per heavy atom. The van der Waals surface area contributed by atoms with Crippen LogP contribution in [0.1, 0.15) is 5.56 Å². The monoisotopic (exact) mass is 471 g/mol. The van der Waals surface area contributed by atoms with E-state index in [1.165, 1.54) is 6.33 Å². The van der Waals surface area contributed by atoms with Crippen LogP contribution in [0.15, 0.2) is 47.6 Å². The Hall–Kier alpha value is -2.95. The van der Waals surface area contributed by atoms with E-state index in [1.807, 2.05) is 0 Å². The maximum absolute atomic E-state index is 13.0. The summed E-state index contributed by atoms with van der Waals surface area (Å²) in [6, 6.07) is 10.3. The van der Waals surface area contributed by atoms with Crippen LogP contribution < -0.4 is 14.2 Å². The maximum atomic E-state index is 13.0. The minimum absolute atomic E-state index is 0.186. The number of nitrogens with one attached hydrogen (secondary N) is 1. The number of sulfonamides is 1. The standard InChI is InChI=1S/C23H29N5O4S/c1-17-6-4-5-7-22(17)33(29,30)26-23-18-14-20(31-3)21(15-19(18)24-16-25-23)32-13-12-28-10-8-27(2)9-11-28/h4-7,14-16H,8-13H2,1-3H3,(H,24,25,26). The van der Waals surface area contributed by atoms with Crippen molar-refractivity contribution in [2.24, 2.45) is 0 Å². The van der Waals surface area contributed by atoms with Crippen molar-refractivity contribution in [2.75, 3.05) is 58.2 Å². The number of ether oxygens (including phenoxy) is 2. The molecule has 10 heteroatoms. The molecular formula is C23H29N5O4S. The third kappa shape index (κ3) is 5.35. The highest BCUT2D eigenvalue weighted by molar-refractivity contribution is 7.92. The third-order valence-electron chi connectivity index (χ3n) is 5.80. The molecule has 9 nitrogen and oxygen atoms in total. The van der Waals surface area contributed by atoms with E-state index in [1.54, 1.807) is 50.4 Å². The van der Waals surface area contributed by atoms with Gasteiger partial charge in [-0.25, -0.2) is 18.4 Å². The smallest absolute Gasteiger partial charge is 0.263 e. The molecule has 176 valence electrons. The summed E-state index contributed by atoms with van der Waals surface area (Å²) in [4.78, 5) is 13.4. The van der Waals surface area contributed by atoms with E-state index in [0.29, 0.717) is 34.6 Å². The largest absolute Gasteiger partial charge is 0.493 e. The van der Waals surface area contributed by atoms with Crippen molar-refractivity contribution >= 4 is 26.7 Å². The first kappa shape index (κ1) is 23.2. The van der Waals surface area contributed by atoms with Crippen molar-refractivity contribution in [3.8, 4) is 11.5 Å². The molecule has 0 aliphatic carbocycles. The number of piperazine rings is 1. The topological polar surface area (TPSA) is 96.9 Å². The third-order valence-corrected chi connectivity index (χ3v) is 7.30. The number of likely N-dealkylation sites (N-methyl/N-ethyl adjacent to an activating group) is 1. The van der Waals surface area contributed by atoms with Gasteiger partial charge >= 0.3 is 0 Å². The molecule has 0 radical (unpaired) electrons. The molecule has 0 unspecified atom stereocenters. The van der Waals surface area contributed by atoms with Gasteiger partial charge in [-0.3, -0.25) is 9.62 Å². The molecular weight excluding hydrogens is 442 g/mol. The van der Waals surface area contributed by atoms with Crippen LogP contribution in [0.3, 0.4) is 0 Å². The van der Waals surface area contributed by atoms with Crippen LogP contribution >= 0.6 is 0 Å². The summed E-state index contributed by atoms with van der Waals surface area (Å²) in [6.07, 6.45) is 1.33. The number of aryl methyl sites for hydroxylation is 1. The van der Waals surface area contributed by atoms with Gasteiger partial charge in [0.2, 0.25) is 0 Å². The van der Waals surface area contributed by atoms with Gasteiger partial charge in [0, 0.05) is 44.2 Å². The van der Waals surface area contributed by atoms with Crippen LogP contribution in [0, 0.1) is 6.92 Å². The Morgan fingerprint density at radius 3 is 2.55 bits per heavy atom. The van der Waals surface area contributed by atoms with Crippen LogP contribution in [-0.4, -0.2) is 81.7 Å². The quantitative estimate of drug-likeness (QED) is 0.535. The van der Waals surface area contributed by atoms with Gasteiger partial charge in [0.1, 0.15) is 12.9 Å².